The van der Waals surface area contributed by atoms with Gasteiger partial charge >= 0.3 is 6.01 Å². The number of methoxy groups -OCH3 is 1. The van der Waals surface area contributed by atoms with Crippen LogP contribution < -0.4 is 20.1 Å². The lowest BCUT2D eigenvalue weighted by Gasteiger charge is -2.30. The number of aromatic nitrogens is 2. The quantitative estimate of drug-likeness (QED) is 0.493. The first-order valence-corrected chi connectivity index (χ1v) is 12.5. The van der Waals surface area contributed by atoms with Gasteiger partial charge in [0.2, 0.25) is 21.8 Å². The van der Waals surface area contributed by atoms with Crippen LogP contribution in [-0.2, 0) is 21.2 Å². The molecule has 180 valence electrons. The van der Waals surface area contributed by atoms with E-state index in [1.165, 1.54) is 12.1 Å². The van der Waals surface area contributed by atoms with Gasteiger partial charge in [-0.1, -0.05) is 17.3 Å². The van der Waals surface area contributed by atoms with Crippen LogP contribution in [0.2, 0.25) is 0 Å². The molecule has 1 aromatic heterocycles. The second kappa shape index (κ2) is 10.2. The summed E-state index contributed by atoms with van der Waals surface area (Å²) in [7, 11) is -2.10. The van der Waals surface area contributed by atoms with Crippen LogP contribution in [0.4, 0.5) is 6.01 Å². The number of benzene rings is 2. The van der Waals surface area contributed by atoms with E-state index in [1.807, 2.05) is 29.2 Å². The van der Waals surface area contributed by atoms with Crippen molar-refractivity contribution in [2.75, 3.05) is 31.6 Å². The van der Waals surface area contributed by atoms with Gasteiger partial charge in [-0.15, -0.1) is 0 Å². The Morgan fingerprint density at radius 3 is 2.62 bits per heavy atom. The van der Waals surface area contributed by atoms with E-state index in [1.54, 1.807) is 19.2 Å². The maximum Gasteiger partial charge on any atom is 0.324 e. The summed E-state index contributed by atoms with van der Waals surface area (Å²) in [5.41, 5.74) is 1.73. The highest BCUT2D eigenvalue weighted by Gasteiger charge is 2.28. The van der Waals surface area contributed by atoms with Crippen molar-refractivity contribution in [3.8, 4) is 17.1 Å². The molecule has 0 saturated carbocycles. The molecule has 1 atom stereocenters. The second-order valence-corrected chi connectivity index (χ2v) is 9.71. The number of piperidine rings is 1. The van der Waals surface area contributed by atoms with Crippen molar-refractivity contribution in [2.45, 2.75) is 24.2 Å². The molecule has 2 aromatic carbocycles. The van der Waals surface area contributed by atoms with E-state index in [0.29, 0.717) is 31.3 Å². The molecule has 0 radical (unpaired) electrons. The third kappa shape index (κ3) is 5.72. The van der Waals surface area contributed by atoms with E-state index in [2.05, 4.69) is 15.5 Å². The number of amides is 1. The number of rotatable bonds is 8. The highest BCUT2D eigenvalue weighted by molar-refractivity contribution is 7.89. The summed E-state index contributed by atoms with van der Waals surface area (Å²) < 4.78 is 33.3. The zero-order valence-electron chi connectivity index (χ0n) is 18.8. The number of ether oxygens (including phenoxy) is 1. The minimum atomic E-state index is -3.71. The van der Waals surface area contributed by atoms with Gasteiger partial charge in [0.15, 0.2) is 0 Å². The normalized spacial score (nSPS) is 16.3. The third-order valence-corrected chi connectivity index (χ3v) is 6.72. The smallest absolute Gasteiger partial charge is 0.324 e. The van der Waals surface area contributed by atoms with Gasteiger partial charge in [-0.2, -0.15) is 4.98 Å². The first-order valence-electron chi connectivity index (χ1n) is 11.0. The molecule has 11 heteroatoms. The lowest BCUT2D eigenvalue weighted by Crippen LogP contribution is -2.43. The molecule has 2 heterocycles. The summed E-state index contributed by atoms with van der Waals surface area (Å²) >= 11 is 0. The van der Waals surface area contributed by atoms with Crippen molar-refractivity contribution in [1.29, 1.82) is 0 Å². The molecule has 10 nitrogen and oxygen atoms in total. The van der Waals surface area contributed by atoms with Crippen molar-refractivity contribution in [3.63, 3.8) is 0 Å². The van der Waals surface area contributed by atoms with Crippen LogP contribution in [-0.4, -0.2) is 51.2 Å². The number of nitrogens with one attached hydrogen (secondary N) is 1. The molecule has 1 aliphatic rings. The van der Waals surface area contributed by atoms with Crippen molar-refractivity contribution < 1.29 is 22.5 Å². The zero-order chi connectivity index (χ0) is 24.1. The molecule has 0 spiro atoms. The standard InChI is InChI=1S/C23H27N5O5S/c1-32-19-8-6-17(7-9-19)21-26-23(33-27-21)28-14-2-3-18(15-28)22(29)25-13-12-16-4-10-20(11-5-16)34(24,30)31/h4-11,18H,2-3,12-15H2,1H3,(H,25,29)(H2,24,30,31)/t18-/m1/s1. The molecule has 1 amide bonds. The van der Waals surface area contributed by atoms with E-state index in [4.69, 9.17) is 14.4 Å². The third-order valence-electron chi connectivity index (χ3n) is 5.79. The Labute approximate surface area is 198 Å². The van der Waals surface area contributed by atoms with Gasteiger partial charge in [0, 0.05) is 25.2 Å². The Morgan fingerprint density at radius 1 is 1.21 bits per heavy atom. The Kier molecular flexibility index (Phi) is 7.13. The first-order chi connectivity index (χ1) is 16.3. The van der Waals surface area contributed by atoms with Crippen LogP contribution in [0, 0.1) is 5.92 Å². The molecular formula is C23H27N5O5S. The Bertz CT molecular complexity index is 1230. The van der Waals surface area contributed by atoms with Gasteiger partial charge in [-0.05, 0) is 61.2 Å². The average Bonchev–Trinajstić information content (AvgIpc) is 3.34. The van der Waals surface area contributed by atoms with E-state index >= 15 is 0 Å². The van der Waals surface area contributed by atoms with Crippen LogP contribution >= 0.6 is 0 Å². The van der Waals surface area contributed by atoms with Gasteiger partial charge in [-0.25, -0.2) is 13.6 Å². The average molecular weight is 486 g/mol. The Balaban J connectivity index is 1.30. The van der Waals surface area contributed by atoms with E-state index in [0.717, 1.165) is 36.3 Å². The molecule has 1 saturated heterocycles. The molecule has 34 heavy (non-hydrogen) atoms. The number of primary sulfonamides is 1. The predicted molar refractivity (Wildman–Crippen MR) is 126 cm³/mol. The first kappa shape index (κ1) is 23.7. The summed E-state index contributed by atoms with van der Waals surface area (Å²) in [6.45, 7) is 1.69. The molecule has 0 bridgehead atoms. The lowest BCUT2D eigenvalue weighted by atomic mass is 9.97. The lowest BCUT2D eigenvalue weighted by molar-refractivity contribution is -0.125. The maximum atomic E-state index is 12.7. The maximum absolute atomic E-state index is 12.7. The van der Waals surface area contributed by atoms with Crippen molar-refractivity contribution in [1.82, 2.24) is 15.5 Å². The number of sulfonamides is 1. The van der Waals surface area contributed by atoms with Gasteiger partial charge < -0.3 is 19.5 Å². The van der Waals surface area contributed by atoms with Crippen LogP contribution in [0.15, 0.2) is 57.9 Å². The van der Waals surface area contributed by atoms with Crippen molar-refractivity contribution >= 4 is 21.9 Å². The Hall–Kier alpha value is -3.44. The highest BCUT2D eigenvalue weighted by Crippen LogP contribution is 2.26. The fourth-order valence-corrected chi connectivity index (χ4v) is 4.40. The number of hydrogen-bond acceptors (Lipinski definition) is 8. The molecular weight excluding hydrogens is 458 g/mol. The number of hydrogen-bond donors (Lipinski definition) is 2. The zero-order valence-corrected chi connectivity index (χ0v) is 19.6. The van der Waals surface area contributed by atoms with Gasteiger partial charge in [0.25, 0.3) is 0 Å². The molecule has 1 aliphatic heterocycles. The number of nitrogens with zero attached hydrogens (tertiary/aromatic N) is 3. The van der Waals surface area contributed by atoms with Crippen LogP contribution in [0.3, 0.4) is 0 Å². The molecule has 0 aliphatic carbocycles. The van der Waals surface area contributed by atoms with E-state index in [-0.39, 0.29) is 16.7 Å². The minimum absolute atomic E-state index is 0.0271. The fraction of sp³-hybridized carbons (Fsp3) is 0.348. The number of anilines is 1. The molecule has 3 aromatic rings. The molecule has 1 fully saturated rings. The topological polar surface area (TPSA) is 141 Å². The number of carbonyl (C=O) groups excluding carboxylic acids is 1. The summed E-state index contributed by atoms with van der Waals surface area (Å²) in [5, 5.41) is 12.2. The largest absolute Gasteiger partial charge is 0.497 e. The van der Waals surface area contributed by atoms with Gasteiger partial charge in [0.1, 0.15) is 5.75 Å². The van der Waals surface area contributed by atoms with Crippen molar-refractivity contribution in [2.24, 2.45) is 11.1 Å². The molecule has 3 N–H and O–H groups in total. The monoisotopic (exact) mass is 485 g/mol. The van der Waals surface area contributed by atoms with Crippen LogP contribution in [0.25, 0.3) is 11.4 Å². The summed E-state index contributed by atoms with van der Waals surface area (Å²) in [5.74, 6) is 1.02. The summed E-state index contributed by atoms with van der Waals surface area (Å²) in [6, 6.07) is 14.1. The summed E-state index contributed by atoms with van der Waals surface area (Å²) in [6.07, 6.45) is 2.21. The number of nitrogens with two attached hydrogens (primary N) is 1. The summed E-state index contributed by atoms with van der Waals surface area (Å²) in [4.78, 5) is 19.2. The van der Waals surface area contributed by atoms with Gasteiger partial charge in [0.05, 0.1) is 17.9 Å². The van der Waals surface area contributed by atoms with Gasteiger partial charge in [-0.3, -0.25) is 4.79 Å². The molecule has 0 unspecified atom stereocenters. The van der Waals surface area contributed by atoms with Crippen LogP contribution in [0.1, 0.15) is 18.4 Å². The van der Waals surface area contributed by atoms with E-state index < -0.39 is 10.0 Å². The predicted octanol–water partition coefficient (Wildman–Crippen LogP) is 1.97. The minimum Gasteiger partial charge on any atom is -0.497 e. The Morgan fingerprint density at radius 2 is 1.94 bits per heavy atom. The second-order valence-electron chi connectivity index (χ2n) is 8.14. The molecule has 4 rings (SSSR count). The number of carbonyl (C=O) groups is 1. The van der Waals surface area contributed by atoms with Crippen molar-refractivity contribution in [3.05, 3.63) is 54.1 Å². The fourth-order valence-electron chi connectivity index (χ4n) is 3.89. The highest BCUT2D eigenvalue weighted by atomic mass is 32.2. The van der Waals surface area contributed by atoms with Crippen LogP contribution in [0.5, 0.6) is 5.75 Å². The van der Waals surface area contributed by atoms with E-state index in [9.17, 15) is 13.2 Å². The SMILES string of the molecule is COc1ccc(-c2noc(N3CCC[C@@H](C(=O)NCCc4ccc(S(N)(=O)=O)cc4)C3)n2)cc1.